The van der Waals surface area contributed by atoms with Crippen molar-refractivity contribution >= 4 is 27.5 Å². The molecule has 100 valence electrons. The number of benzene rings is 1. The average molecular weight is 326 g/mol. The van der Waals surface area contributed by atoms with Gasteiger partial charge in [0, 0.05) is 10.2 Å². The molecule has 0 aliphatic rings. The van der Waals surface area contributed by atoms with Gasteiger partial charge in [-0.3, -0.25) is 4.79 Å². The molecular weight excluding hydrogens is 315 g/mol. The predicted molar refractivity (Wildman–Crippen MR) is 64.4 cm³/mol. The molecule has 0 saturated carbocycles. The molecular formula is C11H11BrF3NO2. The van der Waals surface area contributed by atoms with Crippen LogP contribution in [0.25, 0.3) is 0 Å². The Bertz CT molecular complexity index is 435. The number of hydrogen-bond donors (Lipinski definition) is 1. The van der Waals surface area contributed by atoms with Gasteiger partial charge in [0.05, 0.1) is 0 Å². The Morgan fingerprint density at radius 1 is 1.44 bits per heavy atom. The summed E-state index contributed by atoms with van der Waals surface area (Å²) in [6.07, 6.45) is -4.42. The molecule has 1 aromatic carbocycles. The number of carbonyl (C=O) groups excluding carboxylic acids is 1. The Morgan fingerprint density at radius 2 is 2.11 bits per heavy atom. The van der Waals surface area contributed by atoms with Crippen molar-refractivity contribution in [2.45, 2.75) is 13.1 Å². The van der Waals surface area contributed by atoms with Gasteiger partial charge in [-0.25, -0.2) is 0 Å². The number of amides is 1. The van der Waals surface area contributed by atoms with Gasteiger partial charge in [-0.05, 0) is 30.7 Å². The van der Waals surface area contributed by atoms with Crippen LogP contribution in [0.5, 0.6) is 0 Å². The molecule has 3 nitrogen and oxygen atoms in total. The number of rotatable bonds is 4. The predicted octanol–water partition coefficient (Wildman–Crippen LogP) is 3.27. The van der Waals surface area contributed by atoms with Crippen molar-refractivity contribution in [1.82, 2.24) is 0 Å². The Hall–Kier alpha value is -1.08. The van der Waals surface area contributed by atoms with Crippen LogP contribution >= 0.6 is 15.9 Å². The minimum absolute atomic E-state index is 0.541. The van der Waals surface area contributed by atoms with E-state index in [-0.39, 0.29) is 0 Å². The number of hydrogen-bond acceptors (Lipinski definition) is 2. The standard InChI is InChI=1S/C11H11BrF3NO2/c1-7-4-8(12)2-3-9(7)16-10(17)5-18-6-11(13,14)15/h2-4H,5-6H2,1H3,(H,16,17). The van der Waals surface area contributed by atoms with Gasteiger partial charge < -0.3 is 10.1 Å². The van der Waals surface area contributed by atoms with Gasteiger partial charge in [-0.1, -0.05) is 15.9 Å². The molecule has 0 aliphatic heterocycles. The first-order chi connectivity index (χ1) is 8.28. The van der Waals surface area contributed by atoms with Gasteiger partial charge in [0.15, 0.2) is 0 Å². The molecule has 1 N–H and O–H groups in total. The molecule has 18 heavy (non-hydrogen) atoms. The van der Waals surface area contributed by atoms with Crippen LogP contribution in [0.1, 0.15) is 5.56 Å². The second-order valence-corrected chi connectivity index (χ2v) is 4.53. The summed E-state index contributed by atoms with van der Waals surface area (Å²) >= 11 is 3.26. The average Bonchev–Trinajstić information content (AvgIpc) is 2.20. The van der Waals surface area contributed by atoms with Gasteiger partial charge in [0.25, 0.3) is 0 Å². The summed E-state index contributed by atoms with van der Waals surface area (Å²) in [5.41, 5.74) is 1.34. The third-order valence-corrected chi connectivity index (χ3v) is 2.45. The van der Waals surface area contributed by atoms with E-state index in [9.17, 15) is 18.0 Å². The molecule has 0 radical (unpaired) electrons. The van der Waals surface area contributed by atoms with Crippen LogP contribution in [0.2, 0.25) is 0 Å². The number of aryl methyl sites for hydroxylation is 1. The highest BCUT2D eigenvalue weighted by Gasteiger charge is 2.27. The molecule has 1 aromatic rings. The monoisotopic (exact) mass is 325 g/mol. The second-order valence-electron chi connectivity index (χ2n) is 3.62. The van der Waals surface area contributed by atoms with Crippen molar-refractivity contribution in [2.75, 3.05) is 18.5 Å². The fourth-order valence-corrected chi connectivity index (χ4v) is 1.69. The first kappa shape index (κ1) is 15.0. The van der Waals surface area contributed by atoms with Crippen LogP contribution in [0.4, 0.5) is 18.9 Å². The molecule has 0 heterocycles. The highest BCUT2D eigenvalue weighted by Crippen LogP contribution is 2.20. The minimum atomic E-state index is -4.42. The summed E-state index contributed by atoms with van der Waals surface area (Å²) < 4.78 is 40.4. The smallest absolute Gasteiger partial charge is 0.362 e. The lowest BCUT2D eigenvalue weighted by molar-refractivity contribution is -0.174. The van der Waals surface area contributed by atoms with Gasteiger partial charge in [-0.2, -0.15) is 13.2 Å². The van der Waals surface area contributed by atoms with Crippen LogP contribution in [-0.2, 0) is 9.53 Å². The first-order valence-corrected chi connectivity index (χ1v) is 5.78. The van der Waals surface area contributed by atoms with Crippen molar-refractivity contribution in [3.63, 3.8) is 0 Å². The fourth-order valence-electron chi connectivity index (χ4n) is 1.21. The number of carbonyl (C=O) groups is 1. The maximum atomic E-state index is 11.8. The van der Waals surface area contributed by atoms with Crippen LogP contribution in [0.15, 0.2) is 22.7 Å². The van der Waals surface area contributed by atoms with Crippen molar-refractivity contribution < 1.29 is 22.7 Å². The number of ether oxygens (including phenoxy) is 1. The van der Waals surface area contributed by atoms with E-state index in [0.29, 0.717) is 5.69 Å². The zero-order valence-electron chi connectivity index (χ0n) is 9.47. The largest absolute Gasteiger partial charge is 0.411 e. The molecule has 7 heteroatoms. The second kappa shape index (κ2) is 6.19. The summed E-state index contributed by atoms with van der Waals surface area (Å²) in [7, 11) is 0. The normalized spacial score (nSPS) is 11.4. The summed E-state index contributed by atoms with van der Waals surface area (Å²) in [6, 6.07) is 5.16. The Kier molecular flexibility index (Phi) is 5.15. The van der Waals surface area contributed by atoms with Crippen LogP contribution in [-0.4, -0.2) is 25.3 Å². The fraction of sp³-hybridized carbons (Fsp3) is 0.364. The molecule has 0 fully saturated rings. The van der Waals surface area contributed by atoms with E-state index >= 15 is 0 Å². The molecule has 0 aromatic heterocycles. The summed E-state index contributed by atoms with van der Waals surface area (Å²) in [5.74, 6) is -0.621. The SMILES string of the molecule is Cc1cc(Br)ccc1NC(=O)COCC(F)(F)F. The van der Waals surface area contributed by atoms with Crippen molar-refractivity contribution in [3.8, 4) is 0 Å². The first-order valence-electron chi connectivity index (χ1n) is 4.98. The van der Waals surface area contributed by atoms with Gasteiger partial charge in [0.1, 0.15) is 13.2 Å². The highest BCUT2D eigenvalue weighted by atomic mass is 79.9. The molecule has 0 saturated heterocycles. The van der Waals surface area contributed by atoms with Gasteiger partial charge in [0.2, 0.25) is 5.91 Å². The molecule has 1 rings (SSSR count). The van der Waals surface area contributed by atoms with Crippen LogP contribution in [0.3, 0.4) is 0 Å². The summed E-state index contributed by atoms with van der Waals surface area (Å²) in [4.78, 5) is 11.3. The van der Waals surface area contributed by atoms with E-state index in [2.05, 4.69) is 26.0 Å². The number of alkyl halides is 3. The molecule has 0 unspecified atom stereocenters. The maximum Gasteiger partial charge on any atom is 0.411 e. The third-order valence-electron chi connectivity index (χ3n) is 1.96. The summed E-state index contributed by atoms with van der Waals surface area (Å²) in [6.45, 7) is -0.286. The summed E-state index contributed by atoms with van der Waals surface area (Å²) in [5, 5.41) is 2.47. The zero-order chi connectivity index (χ0) is 13.8. The Labute approximate surface area is 110 Å². The Balaban J connectivity index is 2.45. The van der Waals surface area contributed by atoms with Crippen molar-refractivity contribution in [1.29, 1.82) is 0 Å². The molecule has 0 atom stereocenters. The molecule has 1 amide bonds. The topological polar surface area (TPSA) is 38.3 Å². The third kappa shape index (κ3) is 5.50. The lowest BCUT2D eigenvalue weighted by atomic mass is 10.2. The van der Waals surface area contributed by atoms with Crippen molar-refractivity contribution in [3.05, 3.63) is 28.2 Å². The van der Waals surface area contributed by atoms with Crippen LogP contribution < -0.4 is 5.32 Å². The van der Waals surface area contributed by atoms with E-state index in [0.717, 1.165) is 10.0 Å². The lowest BCUT2D eigenvalue weighted by Crippen LogP contribution is -2.24. The van der Waals surface area contributed by atoms with Gasteiger partial charge in [-0.15, -0.1) is 0 Å². The maximum absolute atomic E-state index is 11.8. The lowest BCUT2D eigenvalue weighted by Gasteiger charge is -2.10. The molecule has 0 bridgehead atoms. The highest BCUT2D eigenvalue weighted by molar-refractivity contribution is 9.10. The van der Waals surface area contributed by atoms with E-state index in [4.69, 9.17) is 0 Å². The molecule has 0 aliphatic carbocycles. The molecule has 0 spiro atoms. The number of anilines is 1. The van der Waals surface area contributed by atoms with E-state index in [1.807, 2.05) is 0 Å². The number of halogens is 4. The van der Waals surface area contributed by atoms with E-state index < -0.39 is 25.3 Å². The van der Waals surface area contributed by atoms with Crippen LogP contribution in [0, 0.1) is 6.92 Å². The van der Waals surface area contributed by atoms with Crippen molar-refractivity contribution in [2.24, 2.45) is 0 Å². The quantitative estimate of drug-likeness (QED) is 0.922. The van der Waals surface area contributed by atoms with Gasteiger partial charge >= 0.3 is 6.18 Å². The Morgan fingerprint density at radius 3 is 2.67 bits per heavy atom. The zero-order valence-corrected chi connectivity index (χ0v) is 11.1. The number of nitrogens with one attached hydrogen (secondary N) is 1. The minimum Gasteiger partial charge on any atom is -0.362 e. The van der Waals surface area contributed by atoms with E-state index in [1.165, 1.54) is 0 Å². The van der Waals surface area contributed by atoms with E-state index in [1.54, 1.807) is 25.1 Å².